The molecule has 13 heteroatoms. The molecule has 4 aromatic rings. The molecule has 0 radical (unpaired) electrons. The Balaban J connectivity index is 1.62. The van der Waals surface area contributed by atoms with Crippen LogP contribution in [0.1, 0.15) is 5.56 Å². The molecule has 0 fully saturated rings. The summed E-state index contributed by atoms with van der Waals surface area (Å²) < 4.78 is 59.7. The average molecular weight is 488 g/mol. The monoisotopic (exact) mass is 487 g/mol. The molecule has 1 atom stereocenters. The Morgan fingerprint density at radius 1 is 1.19 bits per heavy atom. The molecular weight excluding hydrogens is 474 g/mol. The second-order valence-corrected chi connectivity index (χ2v) is 8.12. The van der Waals surface area contributed by atoms with Crippen molar-refractivity contribution in [1.29, 1.82) is 0 Å². The molecule has 0 unspecified atom stereocenters. The number of aliphatic hydroxyl groups is 1. The highest BCUT2D eigenvalue weighted by atomic mass is 35.5. The number of halogens is 5. The van der Waals surface area contributed by atoms with E-state index in [1.165, 1.54) is 22.7 Å². The highest BCUT2D eigenvalue weighted by Gasteiger charge is 2.31. The number of hydrogen-bond acceptors (Lipinski definition) is 7. The van der Waals surface area contributed by atoms with Gasteiger partial charge in [0.25, 0.3) is 0 Å². The third-order valence-corrected chi connectivity index (χ3v) is 5.65. The Kier molecular flexibility index (Phi) is 6.03. The largest absolute Gasteiger partial charge is 0.489 e. The Hall–Kier alpha value is -2.80. The van der Waals surface area contributed by atoms with Crippen molar-refractivity contribution in [2.45, 2.75) is 12.2 Å². The number of fused-ring (bicyclic) bond motifs is 1. The zero-order valence-electron chi connectivity index (χ0n) is 16.0. The van der Waals surface area contributed by atoms with E-state index >= 15 is 0 Å². The standard InChI is InChI=1S/C19H14ClF4N5O2S/c20-12-4-15(31-8-10(25)7-30)13(21)3-11(12)17-27-28-18(32-17)14-6-29-5-9(19(22,23)24)1-2-16(29)26-14/h1-6,10,30H,7-8,25H2/t10-/m1/s1. The number of rotatable bonds is 6. The van der Waals surface area contributed by atoms with Gasteiger partial charge in [0.05, 0.1) is 23.2 Å². The SMILES string of the molecule is N[C@H](CO)COc1cc(Cl)c(-c2nnc(-c3cn4cc(C(F)(F)F)ccc4n3)s2)cc1F. The number of aliphatic hydroxyl groups excluding tert-OH is 1. The van der Waals surface area contributed by atoms with E-state index in [9.17, 15) is 17.6 Å². The lowest BCUT2D eigenvalue weighted by molar-refractivity contribution is -0.137. The zero-order chi connectivity index (χ0) is 23.0. The van der Waals surface area contributed by atoms with Gasteiger partial charge in [0.2, 0.25) is 0 Å². The molecule has 0 spiro atoms. The van der Waals surface area contributed by atoms with Gasteiger partial charge in [0, 0.05) is 24.0 Å². The highest BCUT2D eigenvalue weighted by Crippen LogP contribution is 2.37. The first-order chi connectivity index (χ1) is 15.2. The van der Waals surface area contributed by atoms with Crippen LogP contribution in [0.5, 0.6) is 5.75 Å². The number of benzene rings is 1. The van der Waals surface area contributed by atoms with E-state index in [2.05, 4.69) is 15.2 Å². The van der Waals surface area contributed by atoms with E-state index in [4.69, 9.17) is 27.2 Å². The number of aromatic nitrogens is 4. The number of nitrogens with zero attached hydrogens (tertiary/aromatic N) is 4. The fraction of sp³-hybridized carbons (Fsp3) is 0.211. The Bertz CT molecular complexity index is 1280. The number of nitrogens with two attached hydrogens (primary N) is 1. The molecule has 3 heterocycles. The maximum Gasteiger partial charge on any atom is 0.417 e. The average Bonchev–Trinajstić information content (AvgIpc) is 3.39. The molecule has 0 saturated carbocycles. The molecule has 0 saturated heterocycles. The minimum absolute atomic E-state index is 0.101. The summed E-state index contributed by atoms with van der Waals surface area (Å²) in [5, 5.41) is 17.7. The van der Waals surface area contributed by atoms with Crippen LogP contribution in [-0.2, 0) is 6.18 Å². The van der Waals surface area contributed by atoms with Crippen molar-refractivity contribution in [3.63, 3.8) is 0 Å². The van der Waals surface area contributed by atoms with Crippen molar-refractivity contribution < 1.29 is 27.4 Å². The fourth-order valence-electron chi connectivity index (χ4n) is 2.75. The molecule has 1 aromatic carbocycles. The van der Waals surface area contributed by atoms with Gasteiger partial charge in [-0.05, 0) is 18.2 Å². The Morgan fingerprint density at radius 3 is 2.66 bits per heavy atom. The van der Waals surface area contributed by atoms with Gasteiger partial charge in [0.1, 0.15) is 23.0 Å². The van der Waals surface area contributed by atoms with E-state index in [1.807, 2.05) is 0 Å². The summed E-state index contributed by atoms with van der Waals surface area (Å²) in [6.45, 7) is -0.419. The van der Waals surface area contributed by atoms with E-state index < -0.39 is 23.6 Å². The smallest absolute Gasteiger partial charge is 0.417 e. The van der Waals surface area contributed by atoms with Gasteiger partial charge >= 0.3 is 6.18 Å². The molecule has 0 amide bonds. The summed E-state index contributed by atoms with van der Waals surface area (Å²) in [7, 11) is 0. The number of hydrogen-bond donors (Lipinski definition) is 2. The van der Waals surface area contributed by atoms with Crippen molar-refractivity contribution in [3.05, 3.63) is 53.1 Å². The van der Waals surface area contributed by atoms with Gasteiger partial charge in [-0.25, -0.2) is 9.37 Å². The van der Waals surface area contributed by atoms with Crippen LogP contribution in [0.4, 0.5) is 17.6 Å². The summed E-state index contributed by atoms with van der Waals surface area (Å²) in [5.41, 5.74) is 5.60. The van der Waals surface area contributed by atoms with E-state index in [-0.39, 0.29) is 34.6 Å². The van der Waals surface area contributed by atoms with Crippen LogP contribution in [0.3, 0.4) is 0 Å². The molecular formula is C19H14ClF4N5O2S. The van der Waals surface area contributed by atoms with Gasteiger partial charge in [-0.2, -0.15) is 13.2 Å². The molecule has 0 aliphatic carbocycles. The predicted octanol–water partition coefficient (Wildman–Crippen LogP) is 4.03. The lowest BCUT2D eigenvalue weighted by Gasteiger charge is -2.12. The highest BCUT2D eigenvalue weighted by molar-refractivity contribution is 7.18. The fourth-order valence-corrected chi connectivity index (χ4v) is 3.88. The minimum Gasteiger partial charge on any atom is -0.489 e. The summed E-state index contributed by atoms with van der Waals surface area (Å²) in [6, 6.07) is 3.92. The van der Waals surface area contributed by atoms with E-state index in [0.717, 1.165) is 29.7 Å². The summed E-state index contributed by atoms with van der Waals surface area (Å²) >= 11 is 7.30. The normalized spacial score (nSPS) is 13.0. The lowest BCUT2D eigenvalue weighted by atomic mass is 10.2. The van der Waals surface area contributed by atoms with Crippen molar-refractivity contribution in [2.24, 2.45) is 5.73 Å². The molecule has 0 aliphatic rings. The molecule has 3 aromatic heterocycles. The van der Waals surface area contributed by atoms with Crippen molar-refractivity contribution in [1.82, 2.24) is 19.6 Å². The molecule has 0 aliphatic heterocycles. The first kappa shape index (κ1) is 22.4. The first-order valence-electron chi connectivity index (χ1n) is 9.04. The van der Waals surface area contributed by atoms with Crippen LogP contribution >= 0.6 is 22.9 Å². The molecule has 0 bridgehead atoms. The van der Waals surface area contributed by atoms with E-state index in [0.29, 0.717) is 16.3 Å². The first-order valence-corrected chi connectivity index (χ1v) is 10.2. The van der Waals surface area contributed by atoms with Crippen molar-refractivity contribution >= 4 is 28.6 Å². The number of ether oxygens (including phenoxy) is 1. The Morgan fingerprint density at radius 2 is 1.94 bits per heavy atom. The van der Waals surface area contributed by atoms with Crippen molar-refractivity contribution in [3.8, 4) is 27.0 Å². The third kappa shape index (κ3) is 4.53. The van der Waals surface area contributed by atoms with Crippen LogP contribution in [0.25, 0.3) is 26.9 Å². The van der Waals surface area contributed by atoms with Gasteiger partial charge < -0.3 is 20.0 Å². The predicted molar refractivity (Wildman–Crippen MR) is 110 cm³/mol. The minimum atomic E-state index is -4.48. The molecule has 3 N–H and O–H groups in total. The molecule has 32 heavy (non-hydrogen) atoms. The lowest BCUT2D eigenvalue weighted by Crippen LogP contribution is -2.31. The quantitative estimate of drug-likeness (QED) is 0.398. The summed E-state index contributed by atoms with van der Waals surface area (Å²) in [4.78, 5) is 4.26. The maximum atomic E-state index is 14.4. The Labute approximate surface area is 187 Å². The molecule has 7 nitrogen and oxygen atoms in total. The van der Waals surface area contributed by atoms with Gasteiger partial charge in [-0.1, -0.05) is 22.9 Å². The summed E-state index contributed by atoms with van der Waals surface area (Å²) in [5.74, 6) is -0.841. The van der Waals surface area contributed by atoms with Crippen molar-refractivity contribution in [2.75, 3.05) is 13.2 Å². The maximum absolute atomic E-state index is 14.4. The van der Waals surface area contributed by atoms with Crippen LogP contribution < -0.4 is 10.5 Å². The third-order valence-electron chi connectivity index (χ3n) is 4.36. The van der Waals surface area contributed by atoms with Gasteiger partial charge in [-0.3, -0.25) is 0 Å². The van der Waals surface area contributed by atoms with E-state index in [1.54, 1.807) is 0 Å². The summed E-state index contributed by atoms with van der Waals surface area (Å²) in [6.07, 6.45) is -2.14. The second-order valence-electron chi connectivity index (χ2n) is 6.74. The molecule has 4 rings (SSSR count). The van der Waals surface area contributed by atoms with Crippen LogP contribution in [0.2, 0.25) is 5.02 Å². The van der Waals surface area contributed by atoms with Crippen LogP contribution in [0, 0.1) is 5.82 Å². The van der Waals surface area contributed by atoms with Gasteiger partial charge in [-0.15, -0.1) is 10.2 Å². The zero-order valence-corrected chi connectivity index (χ0v) is 17.5. The number of alkyl halides is 3. The molecule has 168 valence electrons. The number of pyridine rings is 1. The van der Waals surface area contributed by atoms with Gasteiger partial charge in [0.15, 0.2) is 16.6 Å². The number of imidazole rings is 1. The topological polar surface area (TPSA) is 98.6 Å². The van der Waals surface area contributed by atoms with Crippen LogP contribution in [-0.4, -0.2) is 43.9 Å². The second kappa shape index (κ2) is 8.62. The van der Waals surface area contributed by atoms with Crippen LogP contribution in [0.15, 0.2) is 36.7 Å².